The highest BCUT2D eigenvalue weighted by Crippen LogP contribution is 2.21. The maximum atomic E-state index is 12.0. The molecule has 1 saturated heterocycles. The number of ether oxygens (including phenoxy) is 1. The largest absolute Gasteiger partial charge is 0.392 e. The van der Waals surface area contributed by atoms with E-state index in [4.69, 9.17) is 10.5 Å². The van der Waals surface area contributed by atoms with Gasteiger partial charge in [0.15, 0.2) is 0 Å². The molecule has 0 aliphatic carbocycles. The molecule has 1 fully saturated rings. The number of carbonyl (C=O) groups is 1. The lowest BCUT2D eigenvalue weighted by Crippen LogP contribution is -2.30. The molecule has 1 aromatic carbocycles. The van der Waals surface area contributed by atoms with E-state index in [1.807, 2.05) is 12.1 Å². The lowest BCUT2D eigenvalue weighted by Gasteiger charge is -2.14. The van der Waals surface area contributed by atoms with E-state index in [2.05, 4.69) is 5.32 Å². The predicted octanol–water partition coefficient (Wildman–Crippen LogP) is 0.624. The number of anilines is 1. The molecule has 5 nitrogen and oxygen atoms in total. The summed E-state index contributed by atoms with van der Waals surface area (Å²) < 4.78 is 5.52. The van der Waals surface area contributed by atoms with Crippen molar-refractivity contribution in [2.24, 2.45) is 5.73 Å². The molecular formula is C13H18N2O3. The highest BCUT2D eigenvalue weighted by Gasteiger charge is 2.29. The maximum Gasteiger partial charge on any atom is 0.253 e. The van der Waals surface area contributed by atoms with E-state index in [1.54, 1.807) is 12.1 Å². The SMILES string of the molecule is NCC1CCC(C(=O)Nc2ccccc2CO)O1. The van der Waals surface area contributed by atoms with Gasteiger partial charge in [-0.1, -0.05) is 18.2 Å². The smallest absolute Gasteiger partial charge is 0.253 e. The Morgan fingerprint density at radius 2 is 2.22 bits per heavy atom. The molecule has 5 heteroatoms. The molecule has 1 heterocycles. The first-order valence-corrected chi connectivity index (χ1v) is 6.09. The number of amides is 1. The number of aliphatic hydroxyl groups is 1. The van der Waals surface area contributed by atoms with Gasteiger partial charge in [0.1, 0.15) is 6.10 Å². The van der Waals surface area contributed by atoms with Crippen LogP contribution in [0.3, 0.4) is 0 Å². The normalized spacial score (nSPS) is 23.0. The fourth-order valence-corrected chi connectivity index (χ4v) is 2.07. The lowest BCUT2D eigenvalue weighted by atomic mass is 10.1. The zero-order valence-electron chi connectivity index (χ0n) is 10.1. The van der Waals surface area contributed by atoms with Crippen molar-refractivity contribution in [3.63, 3.8) is 0 Å². The predicted molar refractivity (Wildman–Crippen MR) is 67.9 cm³/mol. The molecule has 2 unspecified atom stereocenters. The third-order valence-electron chi connectivity index (χ3n) is 3.11. The van der Waals surface area contributed by atoms with Gasteiger partial charge in [0.2, 0.25) is 0 Å². The van der Waals surface area contributed by atoms with Crippen molar-refractivity contribution in [1.29, 1.82) is 0 Å². The Morgan fingerprint density at radius 3 is 2.89 bits per heavy atom. The summed E-state index contributed by atoms with van der Waals surface area (Å²) in [5.74, 6) is -0.174. The number of carbonyl (C=O) groups excluding carboxylic acids is 1. The van der Waals surface area contributed by atoms with Crippen LogP contribution in [-0.2, 0) is 16.1 Å². The van der Waals surface area contributed by atoms with Crippen LogP contribution in [-0.4, -0.2) is 29.8 Å². The summed E-state index contributed by atoms with van der Waals surface area (Å²) in [6.07, 6.45) is 1.05. The van der Waals surface area contributed by atoms with Crippen molar-refractivity contribution < 1.29 is 14.6 Å². The third-order valence-corrected chi connectivity index (χ3v) is 3.11. The molecule has 1 aliphatic heterocycles. The van der Waals surface area contributed by atoms with Crippen molar-refractivity contribution in [2.75, 3.05) is 11.9 Å². The average molecular weight is 250 g/mol. The van der Waals surface area contributed by atoms with Crippen molar-refractivity contribution in [3.05, 3.63) is 29.8 Å². The fraction of sp³-hybridized carbons (Fsp3) is 0.462. The van der Waals surface area contributed by atoms with Crippen LogP contribution in [0.4, 0.5) is 5.69 Å². The highest BCUT2D eigenvalue weighted by atomic mass is 16.5. The van der Waals surface area contributed by atoms with Gasteiger partial charge in [-0.05, 0) is 18.9 Å². The summed E-state index contributed by atoms with van der Waals surface area (Å²) in [4.78, 5) is 12.0. The number of aliphatic hydroxyl groups excluding tert-OH is 1. The second-order valence-corrected chi connectivity index (χ2v) is 4.36. The number of hydrogen-bond acceptors (Lipinski definition) is 4. The van der Waals surface area contributed by atoms with Crippen LogP contribution in [0.5, 0.6) is 0 Å². The van der Waals surface area contributed by atoms with E-state index in [1.165, 1.54) is 0 Å². The third kappa shape index (κ3) is 2.87. The number of nitrogens with two attached hydrogens (primary N) is 1. The molecule has 0 radical (unpaired) electrons. The number of benzene rings is 1. The Kier molecular flexibility index (Phi) is 4.30. The molecule has 0 aromatic heterocycles. The minimum Gasteiger partial charge on any atom is -0.392 e. The number of nitrogens with one attached hydrogen (secondary N) is 1. The summed E-state index contributed by atoms with van der Waals surface area (Å²) in [7, 11) is 0. The van der Waals surface area contributed by atoms with Crippen molar-refractivity contribution in [3.8, 4) is 0 Å². The van der Waals surface area contributed by atoms with Crippen LogP contribution in [0.1, 0.15) is 18.4 Å². The molecule has 1 aromatic rings. The first-order valence-electron chi connectivity index (χ1n) is 6.09. The molecule has 4 N–H and O–H groups in total. The zero-order chi connectivity index (χ0) is 13.0. The Balaban J connectivity index is 1.99. The van der Waals surface area contributed by atoms with Gasteiger partial charge in [-0.2, -0.15) is 0 Å². The second kappa shape index (κ2) is 5.95. The van der Waals surface area contributed by atoms with Crippen LogP contribution in [0.25, 0.3) is 0 Å². The highest BCUT2D eigenvalue weighted by molar-refractivity contribution is 5.95. The fourth-order valence-electron chi connectivity index (χ4n) is 2.07. The Bertz CT molecular complexity index is 422. The maximum absolute atomic E-state index is 12.0. The van der Waals surface area contributed by atoms with Crippen LogP contribution in [0, 0.1) is 0 Å². The summed E-state index contributed by atoms with van der Waals surface area (Å²) in [6.45, 7) is 0.338. The van der Waals surface area contributed by atoms with Crippen LogP contribution in [0.15, 0.2) is 24.3 Å². The van der Waals surface area contributed by atoms with Crippen LogP contribution < -0.4 is 11.1 Å². The molecule has 2 rings (SSSR count). The minimum absolute atomic E-state index is 0.0196. The van der Waals surface area contributed by atoms with Gasteiger partial charge in [0.05, 0.1) is 12.7 Å². The van der Waals surface area contributed by atoms with Crippen molar-refractivity contribution in [1.82, 2.24) is 0 Å². The van der Waals surface area contributed by atoms with Gasteiger partial charge in [0, 0.05) is 17.8 Å². The Labute approximate surface area is 106 Å². The molecule has 18 heavy (non-hydrogen) atoms. The molecular weight excluding hydrogens is 232 g/mol. The monoisotopic (exact) mass is 250 g/mol. The van der Waals surface area contributed by atoms with E-state index in [-0.39, 0.29) is 18.6 Å². The van der Waals surface area contributed by atoms with Crippen LogP contribution >= 0.6 is 0 Å². The molecule has 1 amide bonds. The van der Waals surface area contributed by atoms with Gasteiger partial charge in [-0.25, -0.2) is 0 Å². The van der Waals surface area contributed by atoms with Gasteiger partial charge >= 0.3 is 0 Å². The summed E-state index contributed by atoms with van der Waals surface area (Å²) in [5.41, 5.74) is 6.83. The van der Waals surface area contributed by atoms with Crippen molar-refractivity contribution >= 4 is 11.6 Å². The number of rotatable bonds is 4. The summed E-state index contributed by atoms with van der Waals surface area (Å²) >= 11 is 0. The molecule has 2 atom stereocenters. The molecule has 0 saturated carbocycles. The zero-order valence-corrected chi connectivity index (χ0v) is 10.1. The van der Waals surface area contributed by atoms with E-state index >= 15 is 0 Å². The molecule has 0 bridgehead atoms. The number of para-hydroxylation sites is 1. The van der Waals surface area contributed by atoms with Crippen LogP contribution in [0.2, 0.25) is 0 Å². The van der Waals surface area contributed by atoms with Gasteiger partial charge in [0.25, 0.3) is 5.91 Å². The molecule has 98 valence electrons. The van der Waals surface area contributed by atoms with Crippen molar-refractivity contribution in [2.45, 2.75) is 31.7 Å². The number of hydrogen-bond donors (Lipinski definition) is 3. The standard InChI is InChI=1S/C13H18N2O3/c14-7-10-5-6-12(18-10)13(17)15-11-4-2-1-3-9(11)8-16/h1-4,10,12,16H,5-8,14H2,(H,15,17). The van der Waals surface area contributed by atoms with E-state index in [0.29, 0.717) is 24.2 Å². The van der Waals surface area contributed by atoms with E-state index in [0.717, 1.165) is 6.42 Å². The minimum atomic E-state index is -0.440. The average Bonchev–Trinajstić information content (AvgIpc) is 2.88. The summed E-state index contributed by atoms with van der Waals surface area (Å²) in [6, 6.07) is 7.16. The quantitative estimate of drug-likeness (QED) is 0.731. The first-order chi connectivity index (χ1) is 8.74. The van der Waals surface area contributed by atoms with Gasteiger partial charge < -0.3 is 20.9 Å². The summed E-state index contributed by atoms with van der Waals surface area (Å²) in [5, 5.41) is 12.0. The molecule has 0 spiro atoms. The first kappa shape index (κ1) is 13.0. The molecule has 1 aliphatic rings. The lowest BCUT2D eigenvalue weighted by molar-refractivity contribution is -0.126. The van der Waals surface area contributed by atoms with E-state index < -0.39 is 6.10 Å². The van der Waals surface area contributed by atoms with E-state index in [9.17, 15) is 9.90 Å². The second-order valence-electron chi connectivity index (χ2n) is 4.36. The topological polar surface area (TPSA) is 84.6 Å². The Hall–Kier alpha value is -1.43. The van der Waals surface area contributed by atoms with Gasteiger partial charge in [-0.15, -0.1) is 0 Å². The van der Waals surface area contributed by atoms with Gasteiger partial charge in [-0.3, -0.25) is 4.79 Å². The Morgan fingerprint density at radius 1 is 1.44 bits per heavy atom.